The molecule has 1 heterocycles. The number of thioether (sulfide) groups is 1. The normalized spacial score (nSPS) is 11.5. The lowest BCUT2D eigenvalue weighted by atomic mass is 10.2. The number of carbonyl (C=O) groups is 1. The Balaban J connectivity index is 1.61. The molecule has 0 fully saturated rings. The van der Waals surface area contributed by atoms with E-state index >= 15 is 0 Å². The van der Waals surface area contributed by atoms with Crippen LogP contribution >= 0.6 is 23.1 Å². The van der Waals surface area contributed by atoms with E-state index in [1.165, 1.54) is 36.4 Å². The summed E-state index contributed by atoms with van der Waals surface area (Å²) in [6.45, 7) is -0.121. The summed E-state index contributed by atoms with van der Waals surface area (Å²) in [7, 11) is -4.35. The number of carboxylic acid groups (broad SMARTS) is 1. The number of azo groups is 1. The summed E-state index contributed by atoms with van der Waals surface area (Å²) in [6, 6.07) is 9.71. The molecule has 0 radical (unpaired) electrons. The molecule has 15 heteroatoms. The molecule has 0 atom stereocenters. The Hall–Kier alpha value is -3.27. The van der Waals surface area contributed by atoms with Gasteiger partial charge in [-0.25, -0.2) is 0 Å². The predicted molar refractivity (Wildman–Crippen MR) is 116 cm³/mol. The van der Waals surface area contributed by atoms with Crippen LogP contribution in [0.2, 0.25) is 0 Å². The van der Waals surface area contributed by atoms with Crippen LogP contribution in [-0.4, -0.2) is 51.8 Å². The number of phenolic OH excluding ortho intramolecular Hbond substituents is 1. The number of aromatic nitrogens is 2. The number of nitrogens with one attached hydrogen (secondary N) is 1. The van der Waals surface area contributed by atoms with E-state index in [0.717, 1.165) is 29.2 Å². The fourth-order valence-corrected chi connectivity index (χ4v) is 4.07. The Morgan fingerprint density at radius 2 is 2.00 bits per heavy atom. The minimum Gasteiger partial charge on any atom is -0.506 e. The second-order valence-electron chi connectivity index (χ2n) is 5.85. The lowest BCUT2D eigenvalue weighted by molar-refractivity contribution is -0.133. The van der Waals surface area contributed by atoms with Crippen molar-refractivity contribution in [1.29, 1.82) is 0 Å². The predicted octanol–water partition coefficient (Wildman–Crippen LogP) is 3.53. The Morgan fingerprint density at radius 3 is 2.75 bits per heavy atom. The van der Waals surface area contributed by atoms with Crippen molar-refractivity contribution in [1.82, 2.24) is 10.2 Å². The molecule has 32 heavy (non-hydrogen) atoms. The molecule has 3 aromatic rings. The van der Waals surface area contributed by atoms with Gasteiger partial charge in [0.15, 0.2) is 11.1 Å². The summed E-state index contributed by atoms with van der Waals surface area (Å²) in [4.78, 5) is 10.3. The van der Waals surface area contributed by atoms with E-state index in [-0.39, 0.29) is 39.7 Å². The maximum absolute atomic E-state index is 11.2. The monoisotopic (exact) mass is 497 g/mol. The van der Waals surface area contributed by atoms with E-state index in [4.69, 9.17) is 14.4 Å². The van der Waals surface area contributed by atoms with Crippen LogP contribution in [0, 0.1) is 0 Å². The van der Waals surface area contributed by atoms with E-state index in [9.17, 15) is 18.3 Å². The van der Waals surface area contributed by atoms with Crippen LogP contribution in [0.5, 0.6) is 11.5 Å². The third-order valence-corrected chi connectivity index (χ3v) is 6.33. The first kappa shape index (κ1) is 23.4. The van der Waals surface area contributed by atoms with Crippen LogP contribution in [0.4, 0.5) is 16.5 Å². The Morgan fingerprint density at radius 1 is 1.19 bits per heavy atom. The summed E-state index contributed by atoms with van der Waals surface area (Å²) in [5.74, 6) is -0.994. The summed E-state index contributed by atoms with van der Waals surface area (Å²) < 4.78 is 37.3. The van der Waals surface area contributed by atoms with E-state index in [1.807, 2.05) is 0 Å². The van der Waals surface area contributed by atoms with Crippen molar-refractivity contribution in [3.63, 3.8) is 0 Å². The number of anilines is 1. The zero-order chi connectivity index (χ0) is 23.1. The number of hydrogen-bond acceptors (Lipinski definition) is 12. The van der Waals surface area contributed by atoms with Gasteiger partial charge in [0.2, 0.25) is 0 Å². The molecule has 0 unspecified atom stereocenters. The first-order valence-corrected chi connectivity index (χ1v) is 11.8. The van der Waals surface area contributed by atoms with Crippen LogP contribution in [0.1, 0.15) is 0 Å². The highest BCUT2D eigenvalue weighted by molar-refractivity contribution is 8.01. The molecule has 2 aromatic carbocycles. The van der Waals surface area contributed by atoms with Gasteiger partial charge >= 0.3 is 5.97 Å². The number of rotatable bonds is 10. The molecular formula is C17H15N5O7S3. The van der Waals surface area contributed by atoms with E-state index in [1.54, 1.807) is 0 Å². The zero-order valence-electron chi connectivity index (χ0n) is 15.9. The molecule has 0 saturated carbocycles. The average molecular weight is 498 g/mol. The van der Waals surface area contributed by atoms with Gasteiger partial charge in [-0.2, -0.15) is 8.42 Å². The molecule has 1 aromatic heterocycles. The Bertz CT molecular complexity index is 1250. The van der Waals surface area contributed by atoms with Gasteiger partial charge in [-0.1, -0.05) is 29.2 Å². The smallest absolute Gasteiger partial charge is 0.313 e. The fourth-order valence-electron chi connectivity index (χ4n) is 2.17. The molecule has 0 aliphatic carbocycles. The van der Waals surface area contributed by atoms with Gasteiger partial charge in [0.25, 0.3) is 15.2 Å². The van der Waals surface area contributed by atoms with Crippen molar-refractivity contribution in [2.45, 2.75) is 9.24 Å². The number of phenols is 1. The molecule has 0 saturated heterocycles. The van der Waals surface area contributed by atoms with Gasteiger partial charge in [0, 0.05) is 6.07 Å². The van der Waals surface area contributed by atoms with Crippen molar-refractivity contribution in [2.75, 3.05) is 17.8 Å². The van der Waals surface area contributed by atoms with Crippen molar-refractivity contribution in [3.05, 3.63) is 42.5 Å². The lowest BCUT2D eigenvalue weighted by Crippen LogP contribution is -2.09. The standard InChI is InChI=1S/C17H15N5O7S3/c23-14-5-4-10(19-20-16-21-22-17(31-16)30-8-15(24)25)6-13(14)18-9-29-11-2-1-3-12(7-11)32(26,27)28/h1-7,18,23H,8-9H2,(H,24,25)(H,26,27,28). The molecule has 0 spiro atoms. The number of benzene rings is 2. The van der Waals surface area contributed by atoms with Crippen LogP contribution < -0.4 is 10.1 Å². The highest BCUT2D eigenvalue weighted by Crippen LogP contribution is 2.31. The van der Waals surface area contributed by atoms with E-state index in [0.29, 0.717) is 10.0 Å². The third kappa shape index (κ3) is 6.88. The zero-order valence-corrected chi connectivity index (χ0v) is 18.4. The summed E-state index contributed by atoms with van der Waals surface area (Å²) >= 11 is 2.11. The molecule has 0 bridgehead atoms. The largest absolute Gasteiger partial charge is 0.506 e. The molecular weight excluding hydrogens is 482 g/mol. The van der Waals surface area contributed by atoms with E-state index in [2.05, 4.69) is 25.7 Å². The minimum absolute atomic E-state index is 0.0810. The second kappa shape index (κ2) is 10.4. The maximum atomic E-state index is 11.2. The van der Waals surface area contributed by atoms with Crippen LogP contribution in [0.25, 0.3) is 0 Å². The summed E-state index contributed by atoms with van der Waals surface area (Å²) in [6.07, 6.45) is 0. The van der Waals surface area contributed by atoms with Gasteiger partial charge in [0.05, 0.1) is 22.0 Å². The van der Waals surface area contributed by atoms with Crippen molar-refractivity contribution < 1.29 is 32.7 Å². The van der Waals surface area contributed by atoms with Crippen LogP contribution in [0.15, 0.2) is 61.9 Å². The third-order valence-electron chi connectivity index (χ3n) is 3.55. The molecule has 4 N–H and O–H groups in total. The highest BCUT2D eigenvalue weighted by Gasteiger charge is 2.10. The maximum Gasteiger partial charge on any atom is 0.313 e. The number of aromatic hydroxyl groups is 1. The lowest BCUT2D eigenvalue weighted by Gasteiger charge is -2.11. The SMILES string of the molecule is O=C(O)CSc1nnc(N=Nc2ccc(O)c(NCOc3cccc(S(=O)(=O)O)c3)c2)s1. The molecule has 168 valence electrons. The first-order chi connectivity index (χ1) is 15.2. The van der Waals surface area contributed by atoms with Gasteiger partial charge < -0.3 is 20.3 Å². The van der Waals surface area contributed by atoms with Gasteiger partial charge in [-0.15, -0.1) is 20.4 Å². The van der Waals surface area contributed by atoms with Crippen molar-refractivity contribution in [2.24, 2.45) is 10.2 Å². The number of carboxylic acids is 1. The average Bonchev–Trinajstić information content (AvgIpc) is 3.20. The topological polar surface area (TPSA) is 184 Å². The molecule has 0 aliphatic rings. The number of hydrogen-bond donors (Lipinski definition) is 4. The summed E-state index contributed by atoms with van der Waals surface area (Å²) in [5, 5.41) is 37.3. The highest BCUT2D eigenvalue weighted by atomic mass is 32.2. The van der Waals surface area contributed by atoms with Crippen molar-refractivity contribution >= 4 is 55.7 Å². The van der Waals surface area contributed by atoms with E-state index < -0.39 is 16.1 Å². The number of nitrogens with zero attached hydrogens (tertiary/aromatic N) is 4. The molecule has 3 rings (SSSR count). The quantitative estimate of drug-likeness (QED) is 0.106. The minimum atomic E-state index is -4.35. The molecule has 12 nitrogen and oxygen atoms in total. The van der Waals surface area contributed by atoms with Gasteiger partial charge in [0.1, 0.15) is 11.5 Å². The molecule has 0 aliphatic heterocycles. The molecule has 0 amide bonds. The second-order valence-corrected chi connectivity index (χ2v) is 9.45. The van der Waals surface area contributed by atoms with Crippen LogP contribution in [0.3, 0.4) is 0 Å². The first-order valence-electron chi connectivity index (χ1n) is 8.58. The fraction of sp³-hybridized carbons (Fsp3) is 0.118. The van der Waals surface area contributed by atoms with Crippen molar-refractivity contribution in [3.8, 4) is 11.5 Å². The number of ether oxygens (including phenoxy) is 1. The Labute approximate surface area is 189 Å². The Kier molecular flexibility index (Phi) is 7.57. The number of aliphatic carboxylic acids is 1. The van der Waals surface area contributed by atoms with Crippen LogP contribution in [-0.2, 0) is 14.9 Å². The van der Waals surface area contributed by atoms with Gasteiger partial charge in [-0.05, 0) is 30.3 Å². The van der Waals surface area contributed by atoms with Gasteiger partial charge in [-0.3, -0.25) is 9.35 Å². The summed E-state index contributed by atoms with van der Waals surface area (Å²) in [5.41, 5.74) is 0.663.